The molecule has 0 radical (unpaired) electrons. The zero-order chi connectivity index (χ0) is 12.8. The fraction of sp³-hybridized carbons (Fsp3) is 0.846. The quantitative estimate of drug-likeness (QED) is 0.557. The number of guanidine groups is 1. The van der Waals surface area contributed by atoms with Gasteiger partial charge in [0.05, 0.1) is 6.54 Å². The molecular weight excluding hydrogens is 355 g/mol. The second kappa shape index (κ2) is 8.60. The van der Waals surface area contributed by atoms with E-state index in [4.69, 9.17) is 0 Å². The van der Waals surface area contributed by atoms with E-state index in [1.165, 1.54) is 25.7 Å². The number of carbonyl (C=O) groups is 1. The summed E-state index contributed by atoms with van der Waals surface area (Å²) >= 11 is 0. The van der Waals surface area contributed by atoms with Gasteiger partial charge < -0.3 is 15.5 Å². The largest absolute Gasteiger partial charge is 0.354 e. The van der Waals surface area contributed by atoms with Gasteiger partial charge in [0.2, 0.25) is 5.91 Å². The van der Waals surface area contributed by atoms with Crippen molar-refractivity contribution in [2.24, 2.45) is 10.9 Å². The molecule has 2 aliphatic rings. The van der Waals surface area contributed by atoms with Gasteiger partial charge in [-0.15, -0.1) is 24.0 Å². The van der Waals surface area contributed by atoms with Crippen molar-refractivity contribution in [1.29, 1.82) is 0 Å². The third kappa shape index (κ3) is 5.54. The van der Waals surface area contributed by atoms with Crippen LogP contribution in [0.15, 0.2) is 4.99 Å². The summed E-state index contributed by atoms with van der Waals surface area (Å²) in [7, 11) is 2.03. The van der Waals surface area contributed by atoms with Crippen LogP contribution >= 0.6 is 24.0 Å². The Bertz CT molecular complexity index is 316. The van der Waals surface area contributed by atoms with Crippen LogP contribution in [-0.2, 0) is 4.79 Å². The number of hydrogen-bond donors (Lipinski definition) is 2. The smallest absolute Gasteiger partial charge is 0.220 e. The summed E-state index contributed by atoms with van der Waals surface area (Å²) in [4.78, 5) is 18.1. The number of halogens is 1. The van der Waals surface area contributed by atoms with Crippen LogP contribution in [0.1, 0.15) is 32.1 Å². The average molecular weight is 380 g/mol. The second-order valence-electron chi connectivity index (χ2n) is 5.26. The fourth-order valence-electron chi connectivity index (χ4n) is 2.65. The topological polar surface area (TPSA) is 56.7 Å². The summed E-state index contributed by atoms with van der Waals surface area (Å²) in [5.41, 5.74) is 0. The van der Waals surface area contributed by atoms with Crippen molar-refractivity contribution in [3.8, 4) is 0 Å². The maximum Gasteiger partial charge on any atom is 0.220 e. The van der Waals surface area contributed by atoms with Crippen molar-refractivity contribution >= 4 is 35.8 Å². The standard InChI is InChI=1S/C13H24N4O.HI/c1-17-9-8-16-13(17)15-7-6-14-12(18)10-11-4-2-3-5-11;/h11H,2-10H2,1H3,(H,14,18)(H,15,16);1H. The molecule has 0 aromatic rings. The molecule has 0 atom stereocenters. The van der Waals surface area contributed by atoms with Gasteiger partial charge in [0.15, 0.2) is 5.96 Å². The van der Waals surface area contributed by atoms with Crippen LogP contribution in [0.3, 0.4) is 0 Å². The molecule has 1 aliphatic heterocycles. The Morgan fingerprint density at radius 2 is 2.11 bits per heavy atom. The molecule has 19 heavy (non-hydrogen) atoms. The van der Waals surface area contributed by atoms with Crippen molar-refractivity contribution in [2.75, 3.05) is 33.2 Å². The first kappa shape index (κ1) is 16.5. The lowest BCUT2D eigenvalue weighted by Gasteiger charge is -2.15. The molecule has 0 spiro atoms. The van der Waals surface area contributed by atoms with Crippen LogP contribution < -0.4 is 10.6 Å². The Kier molecular flexibility index (Phi) is 7.48. The molecule has 1 amide bonds. The number of rotatable bonds is 5. The molecule has 1 fully saturated rings. The van der Waals surface area contributed by atoms with Crippen molar-refractivity contribution in [2.45, 2.75) is 32.1 Å². The molecule has 0 aromatic heterocycles. The lowest BCUT2D eigenvalue weighted by molar-refractivity contribution is -0.121. The first-order valence-electron chi connectivity index (χ1n) is 7.02. The number of nitrogens with one attached hydrogen (secondary N) is 2. The molecule has 6 heteroatoms. The predicted molar refractivity (Wildman–Crippen MR) is 87.9 cm³/mol. The highest BCUT2D eigenvalue weighted by molar-refractivity contribution is 14.0. The van der Waals surface area contributed by atoms with Crippen LogP contribution in [-0.4, -0.2) is 50.0 Å². The third-order valence-corrected chi connectivity index (χ3v) is 3.74. The summed E-state index contributed by atoms with van der Waals surface area (Å²) in [6, 6.07) is 0. The van der Waals surface area contributed by atoms with Gasteiger partial charge in [-0.25, -0.2) is 0 Å². The normalized spacial score (nSPS) is 19.0. The monoisotopic (exact) mass is 380 g/mol. The Hall–Kier alpha value is -0.530. The molecule has 1 heterocycles. The van der Waals surface area contributed by atoms with Gasteiger partial charge in [-0.05, 0) is 18.8 Å². The summed E-state index contributed by atoms with van der Waals surface area (Å²) in [5, 5.41) is 6.21. The minimum atomic E-state index is 0. The van der Waals surface area contributed by atoms with Crippen molar-refractivity contribution in [1.82, 2.24) is 15.5 Å². The maximum atomic E-state index is 11.7. The molecule has 110 valence electrons. The van der Waals surface area contributed by atoms with Crippen LogP contribution in [0, 0.1) is 5.92 Å². The SMILES string of the molecule is CN1CCN=C1NCCNC(=O)CC1CCCC1.I. The van der Waals surface area contributed by atoms with E-state index >= 15 is 0 Å². The van der Waals surface area contributed by atoms with Gasteiger partial charge in [-0.3, -0.25) is 9.79 Å². The Balaban J connectivity index is 0.00000180. The molecule has 0 aromatic carbocycles. The lowest BCUT2D eigenvalue weighted by atomic mass is 10.0. The molecule has 5 nitrogen and oxygen atoms in total. The average Bonchev–Trinajstić information content (AvgIpc) is 2.97. The molecule has 2 rings (SSSR count). The third-order valence-electron chi connectivity index (χ3n) is 3.74. The van der Waals surface area contributed by atoms with Gasteiger partial charge in [-0.2, -0.15) is 0 Å². The van der Waals surface area contributed by atoms with E-state index in [-0.39, 0.29) is 29.9 Å². The molecule has 0 saturated heterocycles. The number of carbonyl (C=O) groups excluding carboxylic acids is 1. The lowest BCUT2D eigenvalue weighted by Crippen LogP contribution is -2.40. The predicted octanol–water partition coefficient (Wildman–Crippen LogP) is 1.19. The molecule has 1 saturated carbocycles. The zero-order valence-corrected chi connectivity index (χ0v) is 14.0. The van der Waals surface area contributed by atoms with Crippen molar-refractivity contribution in [3.63, 3.8) is 0 Å². The van der Waals surface area contributed by atoms with Crippen LogP contribution in [0.4, 0.5) is 0 Å². The van der Waals surface area contributed by atoms with Crippen molar-refractivity contribution in [3.05, 3.63) is 0 Å². The Morgan fingerprint density at radius 1 is 1.37 bits per heavy atom. The summed E-state index contributed by atoms with van der Waals surface area (Å²) < 4.78 is 0. The number of hydrogen-bond acceptors (Lipinski definition) is 4. The maximum absolute atomic E-state index is 11.7. The van der Waals surface area contributed by atoms with Gasteiger partial charge in [0, 0.05) is 33.1 Å². The van der Waals surface area contributed by atoms with E-state index in [1.807, 2.05) is 7.05 Å². The summed E-state index contributed by atoms with van der Waals surface area (Å²) in [5.74, 6) is 1.77. The first-order chi connectivity index (χ1) is 8.75. The first-order valence-corrected chi connectivity index (χ1v) is 7.02. The minimum absolute atomic E-state index is 0. The van der Waals surface area contributed by atoms with Gasteiger partial charge in [0.1, 0.15) is 0 Å². The highest BCUT2D eigenvalue weighted by Gasteiger charge is 2.18. The molecule has 0 unspecified atom stereocenters. The molecule has 1 aliphatic carbocycles. The number of aliphatic imine (C=N–C) groups is 1. The summed E-state index contributed by atoms with van der Waals surface area (Å²) in [6.45, 7) is 3.28. The number of nitrogens with zero attached hydrogens (tertiary/aromatic N) is 2. The fourth-order valence-corrected chi connectivity index (χ4v) is 2.65. The number of amides is 1. The van der Waals surface area contributed by atoms with E-state index in [1.54, 1.807) is 0 Å². The minimum Gasteiger partial charge on any atom is -0.354 e. The highest BCUT2D eigenvalue weighted by Crippen LogP contribution is 2.27. The van der Waals surface area contributed by atoms with E-state index < -0.39 is 0 Å². The zero-order valence-electron chi connectivity index (χ0n) is 11.7. The van der Waals surface area contributed by atoms with Crippen LogP contribution in [0.5, 0.6) is 0 Å². The second-order valence-corrected chi connectivity index (χ2v) is 5.26. The van der Waals surface area contributed by atoms with E-state index in [0.29, 0.717) is 18.9 Å². The van der Waals surface area contributed by atoms with Gasteiger partial charge in [0.25, 0.3) is 0 Å². The summed E-state index contributed by atoms with van der Waals surface area (Å²) in [6.07, 6.45) is 5.76. The molecule has 0 bridgehead atoms. The Labute approximate surface area is 132 Å². The number of likely N-dealkylation sites (N-methyl/N-ethyl adjacent to an activating group) is 1. The molecular formula is C13H25IN4O. The highest BCUT2D eigenvalue weighted by atomic mass is 127. The van der Waals surface area contributed by atoms with E-state index in [2.05, 4.69) is 20.5 Å². The van der Waals surface area contributed by atoms with Gasteiger partial charge >= 0.3 is 0 Å². The van der Waals surface area contributed by atoms with E-state index in [0.717, 1.165) is 25.6 Å². The molecule has 2 N–H and O–H groups in total. The van der Waals surface area contributed by atoms with Gasteiger partial charge in [-0.1, -0.05) is 12.8 Å². The van der Waals surface area contributed by atoms with Crippen LogP contribution in [0.2, 0.25) is 0 Å². The Morgan fingerprint density at radius 3 is 2.74 bits per heavy atom. The van der Waals surface area contributed by atoms with Crippen LogP contribution in [0.25, 0.3) is 0 Å². The van der Waals surface area contributed by atoms with Crippen molar-refractivity contribution < 1.29 is 4.79 Å². The van der Waals surface area contributed by atoms with E-state index in [9.17, 15) is 4.79 Å².